The molecule has 0 bridgehead atoms. The van der Waals surface area contributed by atoms with Crippen LogP contribution in [0.1, 0.15) is 30.6 Å². The van der Waals surface area contributed by atoms with Crippen LogP contribution in [0.2, 0.25) is 0 Å². The van der Waals surface area contributed by atoms with Crippen molar-refractivity contribution in [1.82, 2.24) is 10.3 Å². The monoisotopic (exact) mass is 251 g/mol. The lowest BCUT2D eigenvalue weighted by Gasteiger charge is -2.13. The van der Waals surface area contributed by atoms with E-state index in [-0.39, 0.29) is 24.9 Å². The highest BCUT2D eigenvalue weighted by Crippen LogP contribution is 2.12. The van der Waals surface area contributed by atoms with Crippen molar-refractivity contribution in [3.63, 3.8) is 0 Å². The van der Waals surface area contributed by atoms with Gasteiger partial charge in [-0.15, -0.1) is 0 Å². The Kier molecular flexibility index (Phi) is 5.10. The Balaban J connectivity index is 2.69. The molecule has 0 aliphatic carbocycles. The average molecular weight is 251 g/mol. The fourth-order valence-corrected chi connectivity index (χ4v) is 1.36. The molecule has 0 unspecified atom stereocenters. The Morgan fingerprint density at radius 2 is 2.17 bits per heavy atom. The molecule has 1 aromatic heterocycles. The van der Waals surface area contributed by atoms with E-state index in [1.807, 2.05) is 13.8 Å². The number of amides is 1. The van der Waals surface area contributed by atoms with Gasteiger partial charge in [0.25, 0.3) is 5.91 Å². The van der Waals surface area contributed by atoms with Crippen LogP contribution in [0.25, 0.3) is 0 Å². The van der Waals surface area contributed by atoms with Gasteiger partial charge >= 0.3 is 5.97 Å². The summed E-state index contributed by atoms with van der Waals surface area (Å²) in [6, 6.07) is 3.47. The highest BCUT2D eigenvalue weighted by Gasteiger charge is 2.12. The van der Waals surface area contributed by atoms with Gasteiger partial charge in [0, 0.05) is 18.8 Å². The number of nitrogens with one attached hydrogen (secondary N) is 2. The van der Waals surface area contributed by atoms with Gasteiger partial charge < -0.3 is 15.7 Å². The van der Waals surface area contributed by atoms with E-state index in [1.165, 1.54) is 0 Å². The Bertz CT molecular complexity index is 432. The zero-order valence-electron chi connectivity index (χ0n) is 10.4. The minimum atomic E-state index is -0.943. The number of carbonyl (C=O) groups excluding carboxylic acids is 1. The van der Waals surface area contributed by atoms with Crippen LogP contribution < -0.4 is 10.6 Å². The Hall–Kier alpha value is -2.11. The molecule has 0 aliphatic heterocycles. The molecule has 0 aliphatic rings. The molecule has 0 saturated heterocycles. The number of hydrogen-bond donors (Lipinski definition) is 3. The maximum absolute atomic E-state index is 11.8. The quantitative estimate of drug-likeness (QED) is 0.704. The van der Waals surface area contributed by atoms with E-state index in [2.05, 4.69) is 15.6 Å². The number of rotatable bonds is 6. The van der Waals surface area contributed by atoms with Crippen LogP contribution in [0.4, 0.5) is 5.82 Å². The van der Waals surface area contributed by atoms with Crippen LogP contribution in [-0.4, -0.2) is 34.6 Å². The first-order valence-corrected chi connectivity index (χ1v) is 5.72. The van der Waals surface area contributed by atoms with Crippen molar-refractivity contribution in [2.45, 2.75) is 26.3 Å². The van der Waals surface area contributed by atoms with E-state index in [0.29, 0.717) is 11.4 Å². The van der Waals surface area contributed by atoms with E-state index in [9.17, 15) is 9.59 Å². The number of hydrogen-bond acceptors (Lipinski definition) is 4. The Morgan fingerprint density at radius 1 is 1.44 bits per heavy atom. The molecular formula is C12H17N3O3. The van der Waals surface area contributed by atoms with Crippen molar-refractivity contribution in [1.29, 1.82) is 0 Å². The van der Waals surface area contributed by atoms with Crippen LogP contribution in [0.3, 0.4) is 0 Å². The summed E-state index contributed by atoms with van der Waals surface area (Å²) in [5.41, 5.74) is 0.414. The summed E-state index contributed by atoms with van der Waals surface area (Å²) in [5, 5.41) is 14.1. The number of nitrogens with zero attached hydrogens (tertiary/aromatic N) is 1. The lowest BCUT2D eigenvalue weighted by atomic mass is 10.2. The standard InChI is InChI=1S/C12H17N3O3/c1-8(2)15-11-9(4-3-6-13-11)12(18)14-7-5-10(16)17/h3-4,6,8H,5,7H2,1-2H3,(H,13,15)(H,14,18)(H,16,17). The van der Waals surface area contributed by atoms with E-state index >= 15 is 0 Å². The first-order chi connectivity index (χ1) is 8.50. The molecule has 0 radical (unpaired) electrons. The predicted molar refractivity (Wildman–Crippen MR) is 67.6 cm³/mol. The molecule has 0 fully saturated rings. The van der Waals surface area contributed by atoms with Gasteiger partial charge in [0.1, 0.15) is 5.82 Å². The maximum Gasteiger partial charge on any atom is 0.305 e. The lowest BCUT2D eigenvalue weighted by Crippen LogP contribution is -2.27. The van der Waals surface area contributed by atoms with E-state index in [4.69, 9.17) is 5.11 Å². The molecule has 1 amide bonds. The number of carboxylic acid groups (broad SMARTS) is 1. The molecule has 98 valence electrons. The highest BCUT2D eigenvalue weighted by molar-refractivity contribution is 5.98. The number of carbonyl (C=O) groups is 2. The molecule has 1 rings (SSSR count). The molecule has 3 N–H and O–H groups in total. The Morgan fingerprint density at radius 3 is 2.78 bits per heavy atom. The smallest absolute Gasteiger partial charge is 0.305 e. The largest absolute Gasteiger partial charge is 0.481 e. The molecular weight excluding hydrogens is 234 g/mol. The van der Waals surface area contributed by atoms with Crippen LogP contribution in [-0.2, 0) is 4.79 Å². The summed E-state index contributed by atoms with van der Waals surface area (Å²) in [4.78, 5) is 26.3. The van der Waals surface area contributed by atoms with E-state index in [1.54, 1.807) is 18.3 Å². The zero-order chi connectivity index (χ0) is 13.5. The number of aromatic nitrogens is 1. The van der Waals surface area contributed by atoms with Crippen LogP contribution in [0.15, 0.2) is 18.3 Å². The summed E-state index contributed by atoms with van der Waals surface area (Å²) in [6.07, 6.45) is 1.50. The van der Waals surface area contributed by atoms with Crippen molar-refractivity contribution < 1.29 is 14.7 Å². The van der Waals surface area contributed by atoms with Crippen molar-refractivity contribution in [3.8, 4) is 0 Å². The molecule has 1 aromatic rings. The number of carboxylic acids is 1. The second kappa shape index (κ2) is 6.58. The summed E-state index contributed by atoms with van der Waals surface area (Å²) in [5.74, 6) is -0.769. The highest BCUT2D eigenvalue weighted by atomic mass is 16.4. The minimum absolute atomic E-state index is 0.0983. The topological polar surface area (TPSA) is 91.3 Å². The molecule has 18 heavy (non-hydrogen) atoms. The average Bonchev–Trinajstić information content (AvgIpc) is 2.28. The number of aliphatic carboxylic acids is 1. The molecule has 0 saturated carbocycles. The van der Waals surface area contributed by atoms with E-state index < -0.39 is 5.97 Å². The van der Waals surface area contributed by atoms with Crippen LogP contribution >= 0.6 is 0 Å². The molecule has 0 atom stereocenters. The summed E-state index contributed by atoms with van der Waals surface area (Å²) >= 11 is 0. The second-order valence-electron chi connectivity index (χ2n) is 4.10. The second-order valence-corrected chi connectivity index (χ2v) is 4.10. The van der Waals surface area contributed by atoms with Gasteiger partial charge in [-0.2, -0.15) is 0 Å². The van der Waals surface area contributed by atoms with Gasteiger partial charge in [-0.1, -0.05) is 0 Å². The predicted octanol–water partition coefficient (Wildman–Crippen LogP) is 1.11. The first-order valence-electron chi connectivity index (χ1n) is 5.72. The first kappa shape index (κ1) is 14.0. The van der Waals surface area contributed by atoms with Crippen LogP contribution in [0.5, 0.6) is 0 Å². The van der Waals surface area contributed by atoms with Gasteiger partial charge in [-0.3, -0.25) is 9.59 Å². The van der Waals surface area contributed by atoms with Gasteiger partial charge in [-0.25, -0.2) is 4.98 Å². The zero-order valence-corrected chi connectivity index (χ0v) is 10.4. The summed E-state index contributed by atoms with van der Waals surface area (Å²) in [7, 11) is 0. The number of pyridine rings is 1. The van der Waals surface area contributed by atoms with Crippen molar-refractivity contribution in [2.75, 3.05) is 11.9 Å². The van der Waals surface area contributed by atoms with Crippen molar-refractivity contribution >= 4 is 17.7 Å². The molecule has 6 heteroatoms. The molecule has 6 nitrogen and oxygen atoms in total. The molecule has 0 aromatic carbocycles. The fourth-order valence-electron chi connectivity index (χ4n) is 1.36. The van der Waals surface area contributed by atoms with Crippen molar-refractivity contribution in [2.24, 2.45) is 0 Å². The number of anilines is 1. The van der Waals surface area contributed by atoms with Gasteiger partial charge in [0.05, 0.1) is 12.0 Å². The normalized spacial score (nSPS) is 10.2. The third-order valence-electron chi connectivity index (χ3n) is 2.10. The van der Waals surface area contributed by atoms with Crippen LogP contribution in [0, 0.1) is 0 Å². The van der Waals surface area contributed by atoms with Gasteiger partial charge in [-0.05, 0) is 26.0 Å². The third-order valence-corrected chi connectivity index (χ3v) is 2.10. The summed E-state index contributed by atoms with van der Waals surface area (Å²) < 4.78 is 0. The maximum atomic E-state index is 11.8. The third kappa shape index (κ3) is 4.40. The SMILES string of the molecule is CC(C)Nc1ncccc1C(=O)NCCC(=O)O. The molecule has 0 spiro atoms. The fraction of sp³-hybridized carbons (Fsp3) is 0.417. The lowest BCUT2D eigenvalue weighted by molar-refractivity contribution is -0.136. The van der Waals surface area contributed by atoms with E-state index in [0.717, 1.165) is 0 Å². The van der Waals surface area contributed by atoms with Gasteiger partial charge in [0.2, 0.25) is 0 Å². The summed E-state index contributed by atoms with van der Waals surface area (Å²) in [6.45, 7) is 3.99. The minimum Gasteiger partial charge on any atom is -0.481 e. The van der Waals surface area contributed by atoms with Gasteiger partial charge in [0.15, 0.2) is 0 Å². The molecule has 1 heterocycles. The van der Waals surface area contributed by atoms with Crippen molar-refractivity contribution in [3.05, 3.63) is 23.9 Å². The Labute approximate surface area is 105 Å².